The number of aromatic nitrogens is 1. The highest BCUT2D eigenvalue weighted by molar-refractivity contribution is 7.17. The second kappa shape index (κ2) is 8.14. The third-order valence-electron chi connectivity index (χ3n) is 9.50. The van der Waals surface area contributed by atoms with Crippen LogP contribution in [0.3, 0.4) is 0 Å². The quantitative estimate of drug-likeness (QED) is 0.649. The summed E-state index contributed by atoms with van der Waals surface area (Å²) in [7, 11) is 0. The molecule has 7 rings (SSSR count). The molecule has 2 amide bonds. The van der Waals surface area contributed by atoms with Crippen LogP contribution in [0.15, 0.2) is 17.5 Å². The fraction of sp³-hybridized carbons (Fsp3) is 0.704. The van der Waals surface area contributed by atoms with Gasteiger partial charge in [-0.25, -0.2) is 0 Å². The number of rotatable bonds is 5. The average Bonchev–Trinajstić information content (AvgIpc) is 3.39. The molecule has 5 nitrogen and oxygen atoms in total. The molecule has 0 spiro atoms. The van der Waals surface area contributed by atoms with Crippen molar-refractivity contribution in [3.8, 4) is 0 Å². The molecule has 4 saturated carbocycles. The molecule has 2 aromatic heterocycles. The Bertz CT molecular complexity index is 1030. The third-order valence-corrected chi connectivity index (χ3v) is 10.4. The van der Waals surface area contributed by atoms with E-state index in [1.54, 1.807) is 11.3 Å². The van der Waals surface area contributed by atoms with E-state index in [-0.39, 0.29) is 23.8 Å². The first-order valence-electron chi connectivity index (χ1n) is 13.1. The predicted molar refractivity (Wildman–Crippen MR) is 132 cm³/mol. The van der Waals surface area contributed by atoms with Crippen LogP contribution in [0.4, 0.5) is 0 Å². The Kier molecular flexibility index (Phi) is 5.35. The first-order chi connectivity index (χ1) is 16.0. The fourth-order valence-electron chi connectivity index (χ4n) is 8.22. The van der Waals surface area contributed by atoms with Crippen LogP contribution >= 0.6 is 11.3 Å². The number of hydrogen-bond acceptors (Lipinski definition) is 3. The molecule has 0 unspecified atom stereocenters. The molecule has 178 valence electrons. The van der Waals surface area contributed by atoms with Gasteiger partial charge < -0.3 is 14.8 Å². The predicted octanol–water partition coefficient (Wildman–Crippen LogP) is 5.30. The lowest BCUT2D eigenvalue weighted by Gasteiger charge is -2.59. The van der Waals surface area contributed by atoms with Crippen molar-refractivity contribution in [1.29, 1.82) is 0 Å². The van der Waals surface area contributed by atoms with Gasteiger partial charge in [0, 0.05) is 25.7 Å². The molecule has 1 saturated heterocycles. The van der Waals surface area contributed by atoms with E-state index in [0.717, 1.165) is 59.6 Å². The Morgan fingerprint density at radius 2 is 1.88 bits per heavy atom. The van der Waals surface area contributed by atoms with Gasteiger partial charge in [-0.15, -0.1) is 11.3 Å². The molecule has 3 heterocycles. The molecule has 5 fully saturated rings. The van der Waals surface area contributed by atoms with Gasteiger partial charge in [-0.1, -0.05) is 0 Å². The summed E-state index contributed by atoms with van der Waals surface area (Å²) in [4.78, 5) is 28.7. The highest BCUT2D eigenvalue weighted by atomic mass is 32.1. The van der Waals surface area contributed by atoms with Crippen LogP contribution in [-0.4, -0.2) is 40.4 Å². The van der Waals surface area contributed by atoms with Crippen molar-refractivity contribution in [2.45, 2.75) is 77.8 Å². The van der Waals surface area contributed by atoms with Crippen molar-refractivity contribution >= 4 is 33.4 Å². The maximum Gasteiger partial charge on any atom is 0.270 e. The summed E-state index contributed by atoms with van der Waals surface area (Å²) in [5.74, 6) is 2.83. The fourth-order valence-corrected chi connectivity index (χ4v) is 9.05. The largest absolute Gasteiger partial charge is 0.353 e. The summed E-state index contributed by atoms with van der Waals surface area (Å²) in [6.07, 6.45) is 9.98. The van der Waals surface area contributed by atoms with Crippen LogP contribution in [0, 0.1) is 29.1 Å². The van der Waals surface area contributed by atoms with E-state index in [2.05, 4.69) is 35.2 Å². The molecule has 5 aliphatic rings. The molecule has 4 bridgehead atoms. The number of nitrogens with one attached hydrogen (secondary N) is 1. The molecule has 0 aromatic carbocycles. The van der Waals surface area contributed by atoms with Gasteiger partial charge in [0.25, 0.3) is 5.91 Å². The lowest BCUT2D eigenvalue weighted by atomic mass is 9.48. The first-order valence-corrected chi connectivity index (χ1v) is 14.0. The van der Waals surface area contributed by atoms with Crippen LogP contribution in [0.5, 0.6) is 0 Å². The average molecular weight is 468 g/mol. The maximum atomic E-state index is 13.4. The molecular weight excluding hydrogens is 430 g/mol. The van der Waals surface area contributed by atoms with Crippen LogP contribution in [0.1, 0.15) is 75.7 Å². The van der Waals surface area contributed by atoms with Gasteiger partial charge in [0.2, 0.25) is 5.91 Å². The summed E-state index contributed by atoms with van der Waals surface area (Å²) in [5, 5.41) is 5.55. The minimum Gasteiger partial charge on any atom is -0.353 e. The van der Waals surface area contributed by atoms with Crippen molar-refractivity contribution in [3.63, 3.8) is 0 Å². The Morgan fingerprint density at radius 1 is 1.18 bits per heavy atom. The number of carbonyl (C=O) groups excluding carboxylic acids is 2. The third kappa shape index (κ3) is 3.64. The van der Waals surface area contributed by atoms with E-state index >= 15 is 0 Å². The Morgan fingerprint density at radius 3 is 2.55 bits per heavy atom. The number of amides is 2. The van der Waals surface area contributed by atoms with Crippen LogP contribution in [0.25, 0.3) is 10.2 Å². The summed E-state index contributed by atoms with van der Waals surface area (Å²) < 4.78 is 3.28. The minimum absolute atomic E-state index is 0.0758. The smallest absolute Gasteiger partial charge is 0.270 e. The zero-order valence-electron chi connectivity index (χ0n) is 20.0. The Labute approximate surface area is 200 Å². The number of likely N-dealkylation sites (tertiary alicyclic amines) is 1. The zero-order valence-corrected chi connectivity index (χ0v) is 20.8. The van der Waals surface area contributed by atoms with E-state index in [1.807, 2.05) is 11.0 Å². The van der Waals surface area contributed by atoms with Crippen LogP contribution in [0.2, 0.25) is 0 Å². The molecular formula is C27H37N3O2S. The molecule has 2 atom stereocenters. The van der Waals surface area contributed by atoms with Crippen molar-refractivity contribution in [1.82, 2.24) is 14.8 Å². The molecule has 1 aliphatic heterocycles. The number of thiophene rings is 1. The molecule has 33 heavy (non-hydrogen) atoms. The van der Waals surface area contributed by atoms with Crippen molar-refractivity contribution in [3.05, 3.63) is 23.2 Å². The van der Waals surface area contributed by atoms with Crippen LogP contribution < -0.4 is 5.32 Å². The minimum atomic E-state index is -0.0924. The highest BCUT2D eigenvalue weighted by Crippen LogP contribution is 2.61. The zero-order chi connectivity index (χ0) is 22.7. The second-order valence-electron chi connectivity index (χ2n) is 11.5. The van der Waals surface area contributed by atoms with E-state index in [9.17, 15) is 9.59 Å². The number of aryl methyl sites for hydroxylation is 1. The maximum absolute atomic E-state index is 13.4. The Balaban J connectivity index is 1.13. The van der Waals surface area contributed by atoms with E-state index in [1.165, 1.54) is 38.5 Å². The lowest BCUT2D eigenvalue weighted by Crippen LogP contribution is -2.57. The monoisotopic (exact) mass is 467 g/mol. The van der Waals surface area contributed by atoms with Gasteiger partial charge in [0.15, 0.2) is 0 Å². The Hall–Kier alpha value is -1.82. The van der Waals surface area contributed by atoms with Gasteiger partial charge in [0.05, 0.1) is 16.1 Å². The van der Waals surface area contributed by atoms with Gasteiger partial charge in [-0.2, -0.15) is 0 Å². The normalized spacial score (nSPS) is 34.1. The summed E-state index contributed by atoms with van der Waals surface area (Å²) in [6, 6.07) is 4.37. The van der Waals surface area contributed by atoms with Gasteiger partial charge in [-0.3, -0.25) is 9.59 Å². The molecule has 2 aromatic rings. The molecule has 1 N–H and O–H groups in total. The lowest BCUT2D eigenvalue weighted by molar-refractivity contribution is -0.131. The summed E-state index contributed by atoms with van der Waals surface area (Å²) in [6.45, 7) is 6.42. The highest BCUT2D eigenvalue weighted by Gasteiger charge is 2.53. The summed E-state index contributed by atoms with van der Waals surface area (Å²) in [5.41, 5.74) is 2.23. The first kappa shape index (κ1) is 21.7. The SMILES string of the molecule is CCn1c(C(=O)N2CCC[C@H](C(=O)N[C@H](C)C34CC5CC(CC(C5)C3)C4)C2)cc2sccc21. The van der Waals surface area contributed by atoms with E-state index in [0.29, 0.717) is 12.0 Å². The van der Waals surface area contributed by atoms with Gasteiger partial charge >= 0.3 is 0 Å². The summed E-state index contributed by atoms with van der Waals surface area (Å²) >= 11 is 1.68. The topological polar surface area (TPSA) is 54.3 Å². The van der Waals surface area contributed by atoms with Crippen molar-refractivity contribution in [2.75, 3.05) is 13.1 Å². The standard InChI is InChI=1S/C27H37N3O2S/c1-3-30-22-6-8-33-24(22)12-23(30)26(32)29-7-4-5-21(16-29)25(31)28-17(2)27-13-18-9-19(14-27)11-20(10-18)15-27/h6,8,12,17-21H,3-5,7,9-11,13-16H2,1-2H3,(H,28,31)/t17-,18?,19?,20?,21+,27?/m1/s1. The number of fused-ring (bicyclic) bond motifs is 1. The number of carbonyl (C=O) groups is 2. The van der Waals surface area contributed by atoms with Crippen LogP contribution in [-0.2, 0) is 11.3 Å². The second-order valence-corrected chi connectivity index (χ2v) is 12.5. The molecule has 4 aliphatic carbocycles. The number of nitrogens with zero attached hydrogens (tertiary/aromatic N) is 2. The van der Waals surface area contributed by atoms with Crippen molar-refractivity contribution < 1.29 is 9.59 Å². The van der Waals surface area contributed by atoms with E-state index < -0.39 is 0 Å². The number of hydrogen-bond donors (Lipinski definition) is 1. The number of piperidine rings is 1. The van der Waals surface area contributed by atoms with E-state index in [4.69, 9.17) is 0 Å². The molecule has 6 heteroatoms. The molecule has 0 radical (unpaired) electrons. The van der Waals surface area contributed by atoms with Gasteiger partial charge in [0.1, 0.15) is 5.69 Å². The van der Waals surface area contributed by atoms with Gasteiger partial charge in [-0.05, 0) is 106 Å². The van der Waals surface area contributed by atoms with Crippen molar-refractivity contribution in [2.24, 2.45) is 29.1 Å².